The standard InChI is InChI=1S/C14H18N4O4/c1-18-6-2-3-11(18)13-16-12(22-17-13)9-15-14(19)21-10-4-7-20-8-5-10/h2-3,6,10H,4-5,7-9H2,1H3,(H,15,19). The normalized spacial score (nSPS) is 15.7. The highest BCUT2D eigenvalue weighted by Gasteiger charge is 2.18. The largest absolute Gasteiger partial charge is 0.446 e. The van der Waals surface area contributed by atoms with E-state index in [0.29, 0.717) is 24.9 Å². The van der Waals surface area contributed by atoms with Crippen LogP contribution in [-0.4, -0.2) is 40.1 Å². The summed E-state index contributed by atoms with van der Waals surface area (Å²) in [6.45, 7) is 1.39. The summed E-state index contributed by atoms with van der Waals surface area (Å²) < 4.78 is 17.5. The molecule has 1 saturated heterocycles. The van der Waals surface area contributed by atoms with Gasteiger partial charge in [-0.15, -0.1) is 0 Å². The summed E-state index contributed by atoms with van der Waals surface area (Å²) in [7, 11) is 1.90. The predicted octanol–water partition coefficient (Wildman–Crippen LogP) is 1.48. The van der Waals surface area contributed by atoms with Gasteiger partial charge in [0.1, 0.15) is 12.6 Å². The molecule has 8 nitrogen and oxygen atoms in total. The highest BCUT2D eigenvalue weighted by Crippen LogP contribution is 2.15. The minimum Gasteiger partial charge on any atom is -0.446 e. The Balaban J connectivity index is 1.50. The molecule has 0 unspecified atom stereocenters. The number of nitrogens with one attached hydrogen (secondary N) is 1. The average molecular weight is 306 g/mol. The van der Waals surface area contributed by atoms with E-state index >= 15 is 0 Å². The first-order valence-corrected chi connectivity index (χ1v) is 7.19. The Morgan fingerprint density at radius 1 is 1.50 bits per heavy atom. The lowest BCUT2D eigenvalue weighted by Crippen LogP contribution is -2.32. The predicted molar refractivity (Wildman–Crippen MR) is 75.9 cm³/mol. The maximum atomic E-state index is 11.7. The molecule has 118 valence electrons. The fourth-order valence-electron chi connectivity index (χ4n) is 2.26. The number of hydrogen-bond donors (Lipinski definition) is 1. The van der Waals surface area contributed by atoms with Crippen molar-refractivity contribution in [1.29, 1.82) is 0 Å². The number of amides is 1. The Bertz CT molecular complexity index is 630. The van der Waals surface area contributed by atoms with Crippen LogP contribution in [0.3, 0.4) is 0 Å². The van der Waals surface area contributed by atoms with E-state index in [0.717, 1.165) is 18.5 Å². The minimum atomic E-state index is -0.481. The van der Waals surface area contributed by atoms with Crippen molar-refractivity contribution >= 4 is 6.09 Å². The van der Waals surface area contributed by atoms with Gasteiger partial charge in [0.05, 0.1) is 18.9 Å². The lowest BCUT2D eigenvalue weighted by molar-refractivity contribution is 0.00132. The molecule has 8 heteroatoms. The van der Waals surface area contributed by atoms with E-state index < -0.39 is 6.09 Å². The number of carbonyl (C=O) groups is 1. The molecule has 3 heterocycles. The van der Waals surface area contributed by atoms with Gasteiger partial charge >= 0.3 is 6.09 Å². The lowest BCUT2D eigenvalue weighted by Gasteiger charge is -2.21. The topological polar surface area (TPSA) is 91.4 Å². The molecule has 0 radical (unpaired) electrons. The fraction of sp³-hybridized carbons (Fsp3) is 0.500. The number of alkyl carbamates (subject to hydrolysis) is 1. The van der Waals surface area contributed by atoms with E-state index in [9.17, 15) is 4.79 Å². The summed E-state index contributed by atoms with van der Waals surface area (Å²) in [6.07, 6.45) is 2.78. The van der Waals surface area contributed by atoms with Crippen molar-refractivity contribution < 1.29 is 18.8 Å². The molecular weight excluding hydrogens is 288 g/mol. The molecule has 1 fully saturated rings. The summed E-state index contributed by atoms with van der Waals surface area (Å²) >= 11 is 0. The van der Waals surface area contributed by atoms with Gasteiger partial charge in [-0.3, -0.25) is 0 Å². The molecule has 0 saturated carbocycles. The molecular formula is C14H18N4O4. The van der Waals surface area contributed by atoms with Gasteiger partial charge in [-0.05, 0) is 12.1 Å². The maximum absolute atomic E-state index is 11.7. The van der Waals surface area contributed by atoms with Crippen LogP contribution in [0.4, 0.5) is 4.79 Å². The molecule has 0 aromatic carbocycles. The number of nitrogens with zero attached hydrogens (tertiary/aromatic N) is 3. The molecule has 1 amide bonds. The number of carbonyl (C=O) groups excluding carboxylic acids is 1. The van der Waals surface area contributed by atoms with E-state index in [1.807, 2.05) is 29.9 Å². The van der Waals surface area contributed by atoms with E-state index in [1.54, 1.807) is 0 Å². The van der Waals surface area contributed by atoms with Crippen LogP contribution in [0.25, 0.3) is 11.5 Å². The third kappa shape index (κ3) is 3.45. The smallest absolute Gasteiger partial charge is 0.407 e. The number of ether oxygens (including phenoxy) is 2. The zero-order valence-corrected chi connectivity index (χ0v) is 12.3. The molecule has 0 spiro atoms. The second-order valence-corrected chi connectivity index (χ2v) is 5.09. The second-order valence-electron chi connectivity index (χ2n) is 5.09. The zero-order valence-electron chi connectivity index (χ0n) is 12.3. The second kappa shape index (κ2) is 6.61. The van der Waals surface area contributed by atoms with E-state index in [4.69, 9.17) is 14.0 Å². The number of rotatable bonds is 4. The maximum Gasteiger partial charge on any atom is 0.407 e. The van der Waals surface area contributed by atoms with Crippen molar-refractivity contribution in [3.63, 3.8) is 0 Å². The van der Waals surface area contributed by atoms with Gasteiger partial charge in [-0.2, -0.15) is 4.98 Å². The molecule has 2 aromatic rings. The highest BCUT2D eigenvalue weighted by atomic mass is 16.6. The van der Waals surface area contributed by atoms with E-state index in [1.165, 1.54) is 0 Å². The molecule has 2 aromatic heterocycles. The summed E-state index contributed by atoms with van der Waals surface area (Å²) in [5, 5.41) is 6.51. The first kappa shape index (κ1) is 14.6. The van der Waals surface area contributed by atoms with Gasteiger partial charge in [-0.1, -0.05) is 5.16 Å². The van der Waals surface area contributed by atoms with Crippen LogP contribution in [0.15, 0.2) is 22.9 Å². The van der Waals surface area contributed by atoms with Gasteiger partial charge < -0.3 is 23.9 Å². The molecule has 0 atom stereocenters. The third-order valence-electron chi connectivity index (χ3n) is 3.47. The van der Waals surface area contributed by atoms with Crippen LogP contribution < -0.4 is 5.32 Å². The molecule has 0 aliphatic carbocycles. The van der Waals surface area contributed by atoms with Gasteiger partial charge in [-0.25, -0.2) is 4.79 Å². The Labute approximate surface area is 127 Å². The molecule has 0 bridgehead atoms. The molecule has 1 aliphatic rings. The molecule has 22 heavy (non-hydrogen) atoms. The first-order chi connectivity index (χ1) is 10.7. The van der Waals surface area contributed by atoms with Gasteiger partial charge in [0.25, 0.3) is 0 Å². The molecule has 3 rings (SSSR count). The number of hydrogen-bond acceptors (Lipinski definition) is 6. The summed E-state index contributed by atoms with van der Waals surface area (Å²) in [5.74, 6) is 0.822. The molecule has 1 N–H and O–H groups in total. The monoisotopic (exact) mass is 306 g/mol. The van der Waals surface area contributed by atoms with Crippen LogP contribution in [0.2, 0.25) is 0 Å². The van der Waals surface area contributed by atoms with Crippen LogP contribution in [0, 0.1) is 0 Å². The van der Waals surface area contributed by atoms with Crippen molar-refractivity contribution in [3.05, 3.63) is 24.2 Å². The fourth-order valence-corrected chi connectivity index (χ4v) is 2.26. The highest BCUT2D eigenvalue weighted by molar-refractivity contribution is 5.67. The zero-order chi connectivity index (χ0) is 15.4. The van der Waals surface area contributed by atoms with Crippen LogP contribution >= 0.6 is 0 Å². The quantitative estimate of drug-likeness (QED) is 0.920. The summed E-state index contributed by atoms with van der Waals surface area (Å²) in [6, 6.07) is 3.79. The van der Waals surface area contributed by atoms with Crippen molar-refractivity contribution in [3.8, 4) is 11.5 Å². The van der Waals surface area contributed by atoms with Crippen molar-refractivity contribution in [2.45, 2.75) is 25.5 Å². The van der Waals surface area contributed by atoms with Crippen LogP contribution in [-0.2, 0) is 23.1 Å². The summed E-state index contributed by atoms with van der Waals surface area (Å²) in [5.41, 5.74) is 0.847. The van der Waals surface area contributed by atoms with Crippen LogP contribution in [0.5, 0.6) is 0 Å². The Morgan fingerprint density at radius 3 is 3.05 bits per heavy atom. The Morgan fingerprint density at radius 2 is 2.32 bits per heavy atom. The number of aryl methyl sites for hydroxylation is 1. The number of aromatic nitrogens is 3. The average Bonchev–Trinajstić information content (AvgIpc) is 3.14. The first-order valence-electron chi connectivity index (χ1n) is 7.19. The van der Waals surface area contributed by atoms with Crippen molar-refractivity contribution in [2.75, 3.05) is 13.2 Å². The molecule has 1 aliphatic heterocycles. The SMILES string of the molecule is Cn1cccc1-c1noc(CNC(=O)OC2CCOCC2)n1. The van der Waals surface area contributed by atoms with Crippen molar-refractivity contribution in [2.24, 2.45) is 7.05 Å². The summed E-state index contributed by atoms with van der Waals surface area (Å²) in [4.78, 5) is 15.9. The van der Waals surface area contributed by atoms with Gasteiger partial charge in [0.15, 0.2) is 0 Å². The minimum absolute atomic E-state index is 0.0876. The Kier molecular flexibility index (Phi) is 4.38. The lowest BCUT2D eigenvalue weighted by atomic mass is 10.2. The van der Waals surface area contributed by atoms with Gasteiger partial charge in [0.2, 0.25) is 11.7 Å². The van der Waals surface area contributed by atoms with E-state index in [-0.39, 0.29) is 12.6 Å². The third-order valence-corrected chi connectivity index (χ3v) is 3.47. The van der Waals surface area contributed by atoms with Gasteiger partial charge in [0, 0.05) is 26.1 Å². The van der Waals surface area contributed by atoms with E-state index in [2.05, 4.69) is 15.5 Å². The Hall–Kier alpha value is -2.35. The van der Waals surface area contributed by atoms with Crippen molar-refractivity contribution in [1.82, 2.24) is 20.0 Å². The van der Waals surface area contributed by atoms with Crippen LogP contribution in [0.1, 0.15) is 18.7 Å².